The SMILES string of the molecule is CC(CCO)CNC(=O)COc1ccccc1C(C)(C)C. The summed E-state index contributed by atoms with van der Waals surface area (Å²) in [5, 5.41) is 11.6. The molecule has 21 heavy (non-hydrogen) atoms. The summed E-state index contributed by atoms with van der Waals surface area (Å²) < 4.78 is 5.66. The molecule has 0 aromatic heterocycles. The topological polar surface area (TPSA) is 58.6 Å². The van der Waals surface area contributed by atoms with E-state index in [9.17, 15) is 4.79 Å². The van der Waals surface area contributed by atoms with Gasteiger partial charge in [-0.2, -0.15) is 0 Å². The van der Waals surface area contributed by atoms with Crippen LogP contribution in [0.15, 0.2) is 24.3 Å². The molecule has 118 valence electrons. The van der Waals surface area contributed by atoms with Crippen LogP contribution in [0.4, 0.5) is 0 Å². The molecule has 2 N–H and O–H groups in total. The molecule has 1 rings (SSSR count). The number of hydrogen-bond donors (Lipinski definition) is 2. The number of nitrogens with one attached hydrogen (secondary N) is 1. The van der Waals surface area contributed by atoms with E-state index in [1.807, 2.05) is 31.2 Å². The van der Waals surface area contributed by atoms with Crippen LogP contribution in [0.1, 0.15) is 39.7 Å². The molecule has 0 fully saturated rings. The third-order valence-electron chi connectivity index (χ3n) is 3.32. The van der Waals surface area contributed by atoms with Crippen LogP contribution in [0.25, 0.3) is 0 Å². The molecular formula is C17H27NO3. The zero-order valence-electron chi connectivity index (χ0n) is 13.5. The minimum atomic E-state index is -0.136. The van der Waals surface area contributed by atoms with Crippen LogP contribution >= 0.6 is 0 Å². The van der Waals surface area contributed by atoms with E-state index in [-0.39, 0.29) is 30.5 Å². The van der Waals surface area contributed by atoms with Gasteiger partial charge in [-0.1, -0.05) is 45.9 Å². The zero-order valence-corrected chi connectivity index (χ0v) is 13.5. The highest BCUT2D eigenvalue weighted by Gasteiger charge is 2.18. The summed E-state index contributed by atoms with van der Waals surface area (Å²) in [7, 11) is 0. The first-order valence-electron chi connectivity index (χ1n) is 7.44. The van der Waals surface area contributed by atoms with Crippen LogP contribution in [0.2, 0.25) is 0 Å². The number of hydrogen-bond acceptors (Lipinski definition) is 3. The number of carbonyl (C=O) groups is 1. The molecule has 1 aromatic carbocycles. The Labute approximate surface area is 127 Å². The maximum Gasteiger partial charge on any atom is 0.257 e. The van der Waals surface area contributed by atoms with E-state index >= 15 is 0 Å². The number of benzene rings is 1. The summed E-state index contributed by atoms with van der Waals surface area (Å²) in [6.07, 6.45) is 0.688. The van der Waals surface area contributed by atoms with Gasteiger partial charge in [0.05, 0.1) is 0 Å². The second-order valence-corrected chi connectivity index (χ2v) is 6.46. The Hall–Kier alpha value is -1.55. The van der Waals surface area contributed by atoms with Crippen LogP contribution in [-0.4, -0.2) is 30.8 Å². The summed E-state index contributed by atoms with van der Waals surface area (Å²) >= 11 is 0. The summed E-state index contributed by atoms with van der Waals surface area (Å²) in [6.45, 7) is 9.06. The average molecular weight is 293 g/mol. The Morgan fingerprint density at radius 3 is 2.62 bits per heavy atom. The van der Waals surface area contributed by atoms with Crippen molar-refractivity contribution in [3.8, 4) is 5.75 Å². The van der Waals surface area contributed by atoms with E-state index in [4.69, 9.17) is 9.84 Å². The molecule has 1 unspecified atom stereocenters. The first-order chi connectivity index (χ1) is 9.84. The van der Waals surface area contributed by atoms with E-state index in [1.165, 1.54) is 0 Å². The van der Waals surface area contributed by atoms with Crippen molar-refractivity contribution < 1.29 is 14.6 Å². The Balaban J connectivity index is 2.50. The van der Waals surface area contributed by atoms with Crippen molar-refractivity contribution in [1.29, 1.82) is 0 Å². The molecule has 1 amide bonds. The molecule has 1 atom stereocenters. The van der Waals surface area contributed by atoms with Crippen LogP contribution in [0.5, 0.6) is 5.75 Å². The lowest BCUT2D eigenvalue weighted by Crippen LogP contribution is -2.33. The van der Waals surface area contributed by atoms with Gasteiger partial charge in [0.15, 0.2) is 6.61 Å². The Kier molecular flexibility index (Phi) is 6.69. The van der Waals surface area contributed by atoms with Crippen LogP contribution in [0, 0.1) is 5.92 Å². The van der Waals surface area contributed by atoms with Gasteiger partial charge >= 0.3 is 0 Å². The van der Waals surface area contributed by atoms with Crippen LogP contribution in [-0.2, 0) is 10.2 Å². The van der Waals surface area contributed by atoms with Crippen molar-refractivity contribution in [3.05, 3.63) is 29.8 Å². The van der Waals surface area contributed by atoms with Crippen LogP contribution < -0.4 is 10.1 Å². The van der Waals surface area contributed by atoms with Gasteiger partial charge in [0.25, 0.3) is 5.91 Å². The molecule has 0 saturated heterocycles. The molecular weight excluding hydrogens is 266 g/mol. The molecule has 0 spiro atoms. The van der Waals surface area contributed by atoms with Crippen molar-refractivity contribution in [3.63, 3.8) is 0 Å². The van der Waals surface area contributed by atoms with Gasteiger partial charge in [-0.15, -0.1) is 0 Å². The van der Waals surface area contributed by atoms with E-state index < -0.39 is 0 Å². The number of amides is 1. The minimum Gasteiger partial charge on any atom is -0.483 e. The standard InChI is InChI=1S/C17H27NO3/c1-13(9-10-19)11-18-16(20)12-21-15-8-6-5-7-14(15)17(2,3)4/h5-8,13,19H,9-12H2,1-4H3,(H,18,20). The Morgan fingerprint density at radius 2 is 2.00 bits per heavy atom. The van der Waals surface area contributed by atoms with Gasteiger partial charge in [0, 0.05) is 13.2 Å². The van der Waals surface area contributed by atoms with Gasteiger partial charge in [-0.05, 0) is 29.4 Å². The van der Waals surface area contributed by atoms with Crippen molar-refractivity contribution in [2.45, 2.75) is 39.5 Å². The summed E-state index contributed by atoms with van der Waals surface area (Å²) in [6, 6.07) is 7.80. The third kappa shape index (κ3) is 6.17. The zero-order chi connectivity index (χ0) is 15.9. The first kappa shape index (κ1) is 17.5. The van der Waals surface area contributed by atoms with Crippen molar-refractivity contribution in [2.24, 2.45) is 5.92 Å². The van der Waals surface area contributed by atoms with Crippen LogP contribution in [0.3, 0.4) is 0 Å². The molecule has 0 heterocycles. The quantitative estimate of drug-likeness (QED) is 0.812. The normalized spacial score (nSPS) is 12.8. The number of aliphatic hydroxyl groups is 1. The highest BCUT2D eigenvalue weighted by Crippen LogP contribution is 2.30. The van der Waals surface area contributed by atoms with E-state index in [0.717, 1.165) is 11.3 Å². The van der Waals surface area contributed by atoms with Crippen molar-refractivity contribution in [2.75, 3.05) is 19.8 Å². The number of rotatable bonds is 7. The lowest BCUT2D eigenvalue weighted by atomic mass is 9.86. The number of ether oxygens (including phenoxy) is 1. The fraction of sp³-hybridized carbons (Fsp3) is 0.588. The average Bonchev–Trinajstić information content (AvgIpc) is 2.42. The minimum absolute atomic E-state index is 0.0128. The second-order valence-electron chi connectivity index (χ2n) is 6.46. The van der Waals surface area contributed by atoms with Crippen molar-refractivity contribution in [1.82, 2.24) is 5.32 Å². The van der Waals surface area contributed by atoms with E-state index in [1.54, 1.807) is 0 Å². The summed E-state index contributed by atoms with van der Waals surface area (Å²) in [4.78, 5) is 11.8. The molecule has 0 radical (unpaired) electrons. The van der Waals surface area contributed by atoms with Gasteiger partial charge in [-0.3, -0.25) is 4.79 Å². The predicted octanol–water partition coefficient (Wildman–Crippen LogP) is 2.50. The fourth-order valence-electron chi connectivity index (χ4n) is 2.02. The molecule has 0 aliphatic rings. The highest BCUT2D eigenvalue weighted by atomic mass is 16.5. The second kappa shape index (κ2) is 8.03. The smallest absolute Gasteiger partial charge is 0.257 e. The molecule has 0 saturated carbocycles. The largest absolute Gasteiger partial charge is 0.483 e. The number of carbonyl (C=O) groups excluding carboxylic acids is 1. The molecule has 0 bridgehead atoms. The number of aliphatic hydroxyl groups excluding tert-OH is 1. The number of para-hydroxylation sites is 1. The Bertz CT molecular complexity index is 452. The lowest BCUT2D eigenvalue weighted by molar-refractivity contribution is -0.123. The fourth-order valence-corrected chi connectivity index (χ4v) is 2.02. The van der Waals surface area contributed by atoms with Gasteiger partial charge < -0.3 is 15.2 Å². The predicted molar refractivity (Wildman–Crippen MR) is 84.5 cm³/mol. The highest BCUT2D eigenvalue weighted by molar-refractivity contribution is 5.77. The maximum absolute atomic E-state index is 11.8. The van der Waals surface area contributed by atoms with Gasteiger partial charge in [0.1, 0.15) is 5.75 Å². The third-order valence-corrected chi connectivity index (χ3v) is 3.32. The first-order valence-corrected chi connectivity index (χ1v) is 7.44. The molecule has 4 nitrogen and oxygen atoms in total. The van der Waals surface area contributed by atoms with Gasteiger partial charge in [0.2, 0.25) is 0 Å². The van der Waals surface area contributed by atoms with E-state index in [0.29, 0.717) is 13.0 Å². The lowest BCUT2D eigenvalue weighted by Gasteiger charge is -2.22. The molecule has 0 aliphatic carbocycles. The summed E-state index contributed by atoms with van der Waals surface area (Å²) in [5.74, 6) is 0.882. The molecule has 0 aliphatic heterocycles. The van der Waals surface area contributed by atoms with Gasteiger partial charge in [-0.25, -0.2) is 0 Å². The van der Waals surface area contributed by atoms with E-state index in [2.05, 4.69) is 26.1 Å². The molecule has 1 aromatic rings. The maximum atomic E-state index is 11.8. The van der Waals surface area contributed by atoms with Crippen molar-refractivity contribution >= 4 is 5.91 Å². The molecule has 4 heteroatoms. The monoisotopic (exact) mass is 293 g/mol. The summed E-state index contributed by atoms with van der Waals surface area (Å²) in [5.41, 5.74) is 1.06. The Morgan fingerprint density at radius 1 is 1.33 bits per heavy atom.